The maximum absolute atomic E-state index is 5.77. The molecule has 0 heterocycles. The van der Waals surface area contributed by atoms with Gasteiger partial charge in [0, 0.05) is 0 Å². The highest BCUT2D eigenvalue weighted by atomic mass is 14.6. The fourth-order valence-corrected chi connectivity index (χ4v) is 2.26. The second-order valence-electron chi connectivity index (χ2n) is 4.04. The summed E-state index contributed by atoms with van der Waals surface area (Å²) in [5.41, 5.74) is 6.19. The molecule has 11 heavy (non-hydrogen) atoms. The molecule has 1 rings (SSSR count). The van der Waals surface area contributed by atoms with Crippen molar-refractivity contribution in [3.8, 4) is 0 Å². The predicted octanol–water partition coefficient (Wildman–Crippen LogP) is 2.33. The summed E-state index contributed by atoms with van der Waals surface area (Å²) in [6.45, 7) is 6.94. The van der Waals surface area contributed by atoms with E-state index in [1.54, 1.807) is 0 Å². The molecule has 2 N–H and O–H groups in total. The van der Waals surface area contributed by atoms with Crippen molar-refractivity contribution in [2.75, 3.05) is 6.54 Å². The summed E-state index contributed by atoms with van der Waals surface area (Å²) in [7, 11) is 0. The average Bonchev–Trinajstić information content (AvgIpc) is 2.34. The largest absolute Gasteiger partial charge is 0.330 e. The van der Waals surface area contributed by atoms with E-state index >= 15 is 0 Å². The Bertz CT molecular complexity index is 142. The molecule has 0 amide bonds. The van der Waals surface area contributed by atoms with Gasteiger partial charge in [0.2, 0.25) is 0 Å². The molecule has 0 saturated heterocycles. The molecule has 0 radical (unpaired) electrons. The number of allylic oxidation sites excluding steroid dienone is 1. The van der Waals surface area contributed by atoms with Crippen molar-refractivity contribution in [3.63, 3.8) is 0 Å². The van der Waals surface area contributed by atoms with Crippen LogP contribution < -0.4 is 5.73 Å². The first-order chi connectivity index (χ1) is 5.22. The molecule has 1 fully saturated rings. The van der Waals surface area contributed by atoms with Crippen LogP contribution in [-0.4, -0.2) is 6.54 Å². The van der Waals surface area contributed by atoms with Gasteiger partial charge in [0.05, 0.1) is 0 Å². The van der Waals surface area contributed by atoms with Gasteiger partial charge in [0.1, 0.15) is 0 Å². The lowest BCUT2D eigenvalue weighted by Gasteiger charge is -2.25. The van der Waals surface area contributed by atoms with Crippen LogP contribution in [0.3, 0.4) is 0 Å². The van der Waals surface area contributed by atoms with Gasteiger partial charge < -0.3 is 5.73 Å². The molecule has 0 spiro atoms. The third-order valence-electron chi connectivity index (χ3n) is 2.96. The first-order valence-electron chi connectivity index (χ1n) is 4.53. The molecule has 64 valence electrons. The highest BCUT2D eigenvalue weighted by molar-refractivity contribution is 4.93. The second kappa shape index (κ2) is 3.40. The van der Waals surface area contributed by atoms with Gasteiger partial charge in [-0.3, -0.25) is 0 Å². The molecule has 1 saturated carbocycles. The van der Waals surface area contributed by atoms with Gasteiger partial charge in [-0.25, -0.2) is 0 Å². The molecular formula is C10H19N. The minimum Gasteiger partial charge on any atom is -0.330 e. The maximum atomic E-state index is 5.77. The highest BCUT2D eigenvalue weighted by Crippen LogP contribution is 2.43. The van der Waals surface area contributed by atoms with Gasteiger partial charge in [-0.1, -0.05) is 19.4 Å². The Hall–Kier alpha value is -0.300. The van der Waals surface area contributed by atoms with Crippen LogP contribution >= 0.6 is 0 Å². The topological polar surface area (TPSA) is 26.0 Å². The lowest BCUT2D eigenvalue weighted by atomic mass is 9.82. The van der Waals surface area contributed by atoms with E-state index in [1.807, 2.05) is 6.08 Å². The Morgan fingerprint density at radius 2 is 2.45 bits per heavy atom. The Morgan fingerprint density at radius 3 is 2.82 bits per heavy atom. The third-order valence-corrected chi connectivity index (χ3v) is 2.96. The Morgan fingerprint density at radius 1 is 1.73 bits per heavy atom. The minimum absolute atomic E-state index is 0.418. The van der Waals surface area contributed by atoms with E-state index in [2.05, 4.69) is 13.5 Å². The van der Waals surface area contributed by atoms with Crippen molar-refractivity contribution >= 4 is 0 Å². The molecule has 0 aromatic rings. The molecule has 0 aromatic heterocycles. The smallest absolute Gasteiger partial charge is 0.00175 e. The van der Waals surface area contributed by atoms with Gasteiger partial charge >= 0.3 is 0 Å². The van der Waals surface area contributed by atoms with Crippen LogP contribution in [0.1, 0.15) is 32.6 Å². The quantitative estimate of drug-likeness (QED) is 0.619. The maximum Gasteiger partial charge on any atom is -0.00175 e. The van der Waals surface area contributed by atoms with Crippen LogP contribution in [0.5, 0.6) is 0 Å². The number of hydrogen-bond acceptors (Lipinski definition) is 1. The van der Waals surface area contributed by atoms with Gasteiger partial charge in [0.15, 0.2) is 0 Å². The van der Waals surface area contributed by atoms with Gasteiger partial charge in [-0.15, -0.1) is 6.58 Å². The molecular weight excluding hydrogens is 134 g/mol. The van der Waals surface area contributed by atoms with E-state index in [1.165, 1.54) is 19.3 Å². The van der Waals surface area contributed by atoms with Crippen LogP contribution in [0.25, 0.3) is 0 Å². The van der Waals surface area contributed by atoms with E-state index < -0.39 is 0 Å². The fourth-order valence-electron chi connectivity index (χ4n) is 2.26. The summed E-state index contributed by atoms with van der Waals surface area (Å²) in [5, 5.41) is 0. The number of hydrogen-bond donors (Lipinski definition) is 1. The van der Waals surface area contributed by atoms with Crippen LogP contribution in [0.15, 0.2) is 12.7 Å². The molecule has 0 bridgehead atoms. The van der Waals surface area contributed by atoms with Gasteiger partial charge in [0.25, 0.3) is 0 Å². The first kappa shape index (κ1) is 8.79. The summed E-state index contributed by atoms with van der Waals surface area (Å²) < 4.78 is 0. The SMILES string of the molecule is C=CCC1(CN)CCC(C)C1. The summed E-state index contributed by atoms with van der Waals surface area (Å²) in [6, 6.07) is 0. The normalized spacial score (nSPS) is 37.5. The molecule has 0 aromatic carbocycles. The number of rotatable bonds is 3. The predicted molar refractivity (Wildman–Crippen MR) is 49.3 cm³/mol. The molecule has 1 nitrogen and oxygen atoms in total. The molecule has 1 heteroatoms. The lowest BCUT2D eigenvalue weighted by molar-refractivity contribution is 0.302. The van der Waals surface area contributed by atoms with Crippen LogP contribution in [-0.2, 0) is 0 Å². The van der Waals surface area contributed by atoms with Gasteiger partial charge in [-0.2, -0.15) is 0 Å². The van der Waals surface area contributed by atoms with E-state index in [-0.39, 0.29) is 0 Å². The molecule has 1 aliphatic carbocycles. The second-order valence-corrected chi connectivity index (χ2v) is 4.04. The van der Waals surface area contributed by atoms with Crippen LogP contribution in [0.4, 0.5) is 0 Å². The molecule has 2 unspecified atom stereocenters. The Kier molecular flexibility index (Phi) is 2.72. The molecule has 2 atom stereocenters. The highest BCUT2D eigenvalue weighted by Gasteiger charge is 2.34. The first-order valence-corrected chi connectivity index (χ1v) is 4.53. The van der Waals surface area contributed by atoms with Crippen molar-refractivity contribution < 1.29 is 0 Å². The summed E-state index contributed by atoms with van der Waals surface area (Å²) in [4.78, 5) is 0. The molecule has 0 aliphatic heterocycles. The van der Waals surface area contributed by atoms with Crippen molar-refractivity contribution in [3.05, 3.63) is 12.7 Å². The molecule has 1 aliphatic rings. The van der Waals surface area contributed by atoms with E-state index in [9.17, 15) is 0 Å². The average molecular weight is 153 g/mol. The van der Waals surface area contributed by atoms with Crippen LogP contribution in [0.2, 0.25) is 0 Å². The third kappa shape index (κ3) is 1.84. The minimum atomic E-state index is 0.418. The van der Waals surface area contributed by atoms with Crippen molar-refractivity contribution in [1.82, 2.24) is 0 Å². The van der Waals surface area contributed by atoms with Gasteiger partial charge in [-0.05, 0) is 37.1 Å². The lowest BCUT2D eigenvalue weighted by Crippen LogP contribution is -2.26. The Labute approximate surface area is 69.7 Å². The van der Waals surface area contributed by atoms with E-state index in [0.717, 1.165) is 18.9 Å². The number of nitrogens with two attached hydrogens (primary N) is 1. The fraction of sp³-hybridized carbons (Fsp3) is 0.800. The van der Waals surface area contributed by atoms with Crippen LogP contribution in [0, 0.1) is 11.3 Å². The Balaban J connectivity index is 2.54. The zero-order valence-electron chi connectivity index (χ0n) is 7.47. The zero-order valence-corrected chi connectivity index (χ0v) is 7.47. The summed E-state index contributed by atoms with van der Waals surface area (Å²) >= 11 is 0. The monoisotopic (exact) mass is 153 g/mol. The van der Waals surface area contributed by atoms with Crippen molar-refractivity contribution in [1.29, 1.82) is 0 Å². The standard InChI is InChI=1S/C10H19N/c1-3-5-10(8-11)6-4-9(2)7-10/h3,9H,1,4-8,11H2,2H3. The van der Waals surface area contributed by atoms with E-state index in [4.69, 9.17) is 5.73 Å². The van der Waals surface area contributed by atoms with Crippen molar-refractivity contribution in [2.24, 2.45) is 17.1 Å². The van der Waals surface area contributed by atoms with Crippen molar-refractivity contribution in [2.45, 2.75) is 32.6 Å². The summed E-state index contributed by atoms with van der Waals surface area (Å²) in [5.74, 6) is 0.874. The zero-order chi connectivity index (χ0) is 8.32. The van der Waals surface area contributed by atoms with E-state index in [0.29, 0.717) is 5.41 Å². The summed E-state index contributed by atoms with van der Waals surface area (Å²) in [6.07, 6.45) is 7.08.